The molecule has 17 heteroatoms. The average Bonchev–Trinajstić information content (AvgIpc) is 1.76. The van der Waals surface area contributed by atoms with Gasteiger partial charge in [0.2, 0.25) is 0 Å². The zero-order chi connectivity index (χ0) is 14.3. The molecule has 0 saturated heterocycles. The second-order valence-electron chi connectivity index (χ2n) is 1.39. The molecule has 17 heavy (non-hydrogen) atoms. The molecule has 0 aliphatic rings. The molecule has 0 atom stereocenters. The fraction of sp³-hybridized carbons (Fsp3) is 0. The molecule has 12 N–H and O–H groups in total. The van der Waals surface area contributed by atoms with Crippen LogP contribution in [0.25, 0.3) is 0 Å². The summed E-state index contributed by atoms with van der Waals surface area (Å²) in [4.78, 5) is 0. The Morgan fingerprint density at radius 3 is 0.294 bits per heavy atom. The van der Waals surface area contributed by atoms with Crippen LogP contribution >= 0.6 is 0 Å². The minimum absolute atomic E-state index is 0. The second kappa shape index (κ2) is 25.3. The van der Waals surface area contributed by atoms with Crippen LogP contribution in [-0.2, 0) is 0 Å². The normalized spacial score (nSPS) is 6.35. The monoisotopic (exact) mass is 320 g/mol. The van der Waals surface area contributed by atoms with E-state index < -0.39 is 29.3 Å². The topological polar surface area (TPSA) is 243 Å². The number of hydrogen-bond donors (Lipinski definition) is 12. The Bertz CT molecular complexity index is 61.5. The van der Waals surface area contributed by atoms with Gasteiger partial charge in [0, 0.05) is 0 Å². The third kappa shape index (κ3) is 19700. The van der Waals surface area contributed by atoms with Gasteiger partial charge in [-0.3, -0.25) is 0 Å². The summed E-state index contributed by atoms with van der Waals surface area (Å²) in [6.45, 7) is 0. The molecule has 0 amide bonds. The van der Waals surface area contributed by atoms with Crippen LogP contribution in [0.15, 0.2) is 0 Å². The molecule has 0 heterocycles. The number of hydrogen-bond acceptors (Lipinski definition) is 12. The average molecular weight is 320 g/mol. The summed E-state index contributed by atoms with van der Waals surface area (Å²) in [6, 6.07) is 0. The van der Waals surface area contributed by atoms with Gasteiger partial charge in [-0.25, -0.2) is 0 Å². The van der Waals surface area contributed by atoms with E-state index in [0.29, 0.717) is 0 Å². The molecule has 0 spiro atoms. The third-order valence-electron chi connectivity index (χ3n) is 0. The van der Waals surface area contributed by atoms with Crippen molar-refractivity contribution in [3.63, 3.8) is 0 Å². The van der Waals surface area contributed by atoms with Crippen molar-refractivity contribution < 1.29 is 60.3 Å². The van der Waals surface area contributed by atoms with E-state index in [-0.39, 0.29) is 19.8 Å². The van der Waals surface area contributed by atoms with Gasteiger partial charge in [-0.1, -0.05) is 0 Å². The van der Waals surface area contributed by atoms with Crippen LogP contribution in [0.1, 0.15) is 0 Å². The first kappa shape index (κ1) is 30.4. The van der Waals surface area contributed by atoms with Crippen molar-refractivity contribution in [3.8, 4) is 0 Å². The van der Waals surface area contributed by atoms with Crippen LogP contribution < -0.4 is 0 Å². The molecule has 0 aromatic rings. The summed E-state index contributed by atoms with van der Waals surface area (Å²) >= 11 is 0. The first-order valence-corrected chi connectivity index (χ1v) is 3.10. The van der Waals surface area contributed by atoms with Crippen molar-refractivity contribution in [3.05, 3.63) is 0 Å². The first-order valence-electron chi connectivity index (χ1n) is 3.10. The van der Waals surface area contributed by atoms with Gasteiger partial charge in [0.05, 0.1) is 0 Å². The summed E-state index contributed by atoms with van der Waals surface area (Å²) in [7, 11) is -8.67. The van der Waals surface area contributed by atoms with E-state index in [2.05, 4.69) is 0 Å². The van der Waals surface area contributed by atoms with Crippen molar-refractivity contribution in [2.24, 2.45) is 0 Å². The molecule has 0 fully saturated rings. The SMILES string of the molecule is OB(O)O.OB(O)O.OB(O)O.OB(O)O.[GaH3]. The molecule has 0 saturated carbocycles. The summed E-state index contributed by atoms with van der Waals surface area (Å²) in [6.07, 6.45) is 0. The van der Waals surface area contributed by atoms with Crippen LogP contribution in [0.5, 0.6) is 0 Å². The van der Waals surface area contributed by atoms with E-state index in [1.165, 1.54) is 0 Å². The van der Waals surface area contributed by atoms with Crippen molar-refractivity contribution in [2.75, 3.05) is 0 Å². The molecule has 0 aromatic carbocycles. The first-order chi connectivity index (χ1) is 6.93. The van der Waals surface area contributed by atoms with Crippen LogP contribution in [-0.4, -0.2) is 109 Å². The van der Waals surface area contributed by atoms with Gasteiger partial charge in [-0.05, 0) is 0 Å². The molecule has 0 aliphatic carbocycles. The Kier molecular flexibility index (Phi) is 45.3. The Morgan fingerprint density at radius 2 is 0.294 bits per heavy atom. The van der Waals surface area contributed by atoms with Gasteiger partial charge in [-0.15, -0.1) is 0 Å². The predicted octanol–water partition coefficient (Wildman–Crippen LogP) is -9.39. The molecule has 102 valence electrons. The summed E-state index contributed by atoms with van der Waals surface area (Å²) in [5.74, 6) is 0. The van der Waals surface area contributed by atoms with E-state index in [9.17, 15) is 0 Å². The maximum atomic E-state index is 7.17. The van der Waals surface area contributed by atoms with Gasteiger partial charge in [-0.2, -0.15) is 0 Å². The van der Waals surface area contributed by atoms with Crippen molar-refractivity contribution in [1.82, 2.24) is 0 Å². The zero-order valence-corrected chi connectivity index (χ0v) is 7.68. The van der Waals surface area contributed by atoms with Crippen molar-refractivity contribution >= 4 is 49.1 Å². The van der Waals surface area contributed by atoms with E-state index >= 15 is 0 Å². The Morgan fingerprint density at radius 1 is 0.294 bits per heavy atom. The molecule has 0 rings (SSSR count). The Labute approximate surface area is 110 Å². The van der Waals surface area contributed by atoms with E-state index in [1.807, 2.05) is 0 Å². The molecule has 0 radical (unpaired) electrons. The Hall–Kier alpha value is 0.416. The van der Waals surface area contributed by atoms with Crippen LogP contribution in [0.2, 0.25) is 0 Å². The molecule has 0 bridgehead atoms. The van der Waals surface area contributed by atoms with Crippen LogP contribution in [0.4, 0.5) is 0 Å². The fourth-order valence-corrected chi connectivity index (χ4v) is 0. The van der Waals surface area contributed by atoms with Gasteiger partial charge >= 0.3 is 49.1 Å². The van der Waals surface area contributed by atoms with Crippen LogP contribution in [0, 0.1) is 0 Å². The van der Waals surface area contributed by atoms with Gasteiger partial charge in [0.1, 0.15) is 0 Å². The van der Waals surface area contributed by atoms with E-state index in [0.717, 1.165) is 0 Å². The summed E-state index contributed by atoms with van der Waals surface area (Å²) < 4.78 is 0. The molecule has 0 aliphatic heterocycles. The van der Waals surface area contributed by atoms with Gasteiger partial charge in [0.25, 0.3) is 0 Å². The predicted molar refractivity (Wildman–Crippen MR) is 59.6 cm³/mol. The van der Waals surface area contributed by atoms with E-state index in [4.69, 9.17) is 60.3 Å². The molecule has 0 unspecified atom stereocenters. The van der Waals surface area contributed by atoms with Crippen molar-refractivity contribution in [2.45, 2.75) is 0 Å². The minimum atomic E-state index is -2.17. The van der Waals surface area contributed by atoms with Gasteiger partial charge < -0.3 is 60.3 Å². The van der Waals surface area contributed by atoms with E-state index in [1.54, 1.807) is 0 Å². The maximum absolute atomic E-state index is 7.17. The molecule has 12 nitrogen and oxygen atoms in total. The second-order valence-corrected chi connectivity index (χ2v) is 1.39. The van der Waals surface area contributed by atoms with Crippen molar-refractivity contribution in [1.29, 1.82) is 0 Å². The summed E-state index contributed by atoms with van der Waals surface area (Å²) in [5.41, 5.74) is 0. The standard InChI is InChI=1S/4BH3O3.Ga.3H/c4*2-1(3)4;;;;/h4*2-4H;;;;. The molecular weight excluding hydrogens is 305 g/mol. The van der Waals surface area contributed by atoms with Gasteiger partial charge in [0.15, 0.2) is 0 Å². The van der Waals surface area contributed by atoms with Crippen LogP contribution in [0.3, 0.4) is 0 Å². The number of rotatable bonds is 0. The molecular formula is H15B4GaO12. The quantitative estimate of drug-likeness (QED) is 0.186. The molecule has 0 aromatic heterocycles. The summed E-state index contributed by atoms with van der Waals surface area (Å²) in [5, 5.41) is 86.0. The fourth-order valence-electron chi connectivity index (χ4n) is 0. The zero-order valence-electron chi connectivity index (χ0n) is 7.68. The Balaban J connectivity index is -0.0000000369. The third-order valence-corrected chi connectivity index (χ3v) is 0.